The lowest BCUT2D eigenvalue weighted by Crippen LogP contribution is -2.25. The molecule has 0 spiro atoms. The first kappa shape index (κ1) is 21.3. The number of hydrogen-bond acceptors (Lipinski definition) is 6. The lowest BCUT2D eigenvalue weighted by atomic mass is 10.1. The molecule has 2 N–H and O–H groups in total. The summed E-state index contributed by atoms with van der Waals surface area (Å²) in [5, 5.41) is 13.8. The van der Waals surface area contributed by atoms with Crippen LogP contribution in [0.3, 0.4) is 0 Å². The van der Waals surface area contributed by atoms with Gasteiger partial charge in [-0.05, 0) is 51.5 Å². The van der Waals surface area contributed by atoms with E-state index in [2.05, 4.69) is 36.0 Å². The van der Waals surface area contributed by atoms with Crippen molar-refractivity contribution in [1.29, 1.82) is 0 Å². The number of benzene rings is 1. The molecule has 0 amide bonds. The highest BCUT2D eigenvalue weighted by atomic mass is 16.5. The van der Waals surface area contributed by atoms with E-state index in [1.54, 1.807) is 14.2 Å². The molecule has 0 saturated heterocycles. The molecule has 27 heavy (non-hydrogen) atoms. The van der Waals surface area contributed by atoms with E-state index in [9.17, 15) is 5.11 Å². The lowest BCUT2D eigenvalue weighted by molar-refractivity contribution is 0.277. The van der Waals surface area contributed by atoms with Gasteiger partial charge < -0.3 is 24.8 Å². The summed E-state index contributed by atoms with van der Waals surface area (Å²) in [6.07, 6.45) is 2.21. The quantitative estimate of drug-likeness (QED) is 0.625. The number of nitrogens with zero attached hydrogens (tertiary/aromatic N) is 2. The standard InChI is InChI=1S/C21H33N3O3/c1-6-24(7-2)12-8-9-15(3)22-18-13-19(26-4)20-17(21(18)27-5)11-10-16(14-25)23-20/h10-11,13,15,22,25H,6-9,12,14H2,1-5H3. The molecule has 6 heteroatoms. The number of hydrogen-bond donors (Lipinski definition) is 2. The predicted molar refractivity (Wildman–Crippen MR) is 111 cm³/mol. The van der Waals surface area contributed by atoms with Crippen molar-refractivity contribution in [2.75, 3.05) is 39.2 Å². The van der Waals surface area contributed by atoms with Crippen molar-refractivity contribution in [3.05, 3.63) is 23.9 Å². The topological polar surface area (TPSA) is 66.9 Å². The van der Waals surface area contributed by atoms with E-state index in [1.165, 1.54) is 0 Å². The highest BCUT2D eigenvalue weighted by molar-refractivity contribution is 5.95. The monoisotopic (exact) mass is 375 g/mol. The van der Waals surface area contributed by atoms with Gasteiger partial charge in [0, 0.05) is 17.5 Å². The molecule has 0 aliphatic heterocycles. The molecule has 0 fully saturated rings. The minimum atomic E-state index is -0.106. The fraction of sp³-hybridized carbons (Fsp3) is 0.571. The van der Waals surface area contributed by atoms with E-state index >= 15 is 0 Å². The third-order valence-corrected chi connectivity index (χ3v) is 4.94. The van der Waals surface area contributed by atoms with Crippen LogP contribution in [0.4, 0.5) is 5.69 Å². The molecule has 1 aromatic heterocycles. The smallest absolute Gasteiger partial charge is 0.151 e. The van der Waals surface area contributed by atoms with E-state index in [1.807, 2.05) is 18.2 Å². The third kappa shape index (κ3) is 5.23. The first-order valence-corrected chi connectivity index (χ1v) is 9.72. The largest absolute Gasteiger partial charge is 0.494 e. The van der Waals surface area contributed by atoms with Gasteiger partial charge in [0.1, 0.15) is 11.3 Å². The number of pyridine rings is 1. The number of ether oxygens (including phenoxy) is 2. The van der Waals surface area contributed by atoms with Crippen molar-refractivity contribution in [2.24, 2.45) is 0 Å². The molecule has 1 heterocycles. The Bertz CT molecular complexity index is 732. The second kappa shape index (κ2) is 10.3. The second-order valence-electron chi connectivity index (χ2n) is 6.73. The fourth-order valence-electron chi connectivity index (χ4n) is 3.35. The molecule has 1 unspecified atom stereocenters. The van der Waals surface area contributed by atoms with Crippen LogP contribution in [0.1, 0.15) is 39.3 Å². The minimum absolute atomic E-state index is 0.106. The molecule has 0 aliphatic rings. The zero-order valence-electron chi connectivity index (χ0n) is 17.2. The SMILES string of the molecule is CCN(CC)CCCC(C)Nc1cc(OC)c2nc(CO)ccc2c1OC. The molecule has 0 aliphatic carbocycles. The van der Waals surface area contributed by atoms with Crippen LogP contribution in [0, 0.1) is 0 Å². The maximum Gasteiger partial charge on any atom is 0.151 e. The molecular weight excluding hydrogens is 342 g/mol. The Morgan fingerprint density at radius 1 is 1.19 bits per heavy atom. The first-order chi connectivity index (χ1) is 13.1. The summed E-state index contributed by atoms with van der Waals surface area (Å²) in [7, 11) is 3.29. The van der Waals surface area contributed by atoms with Crippen LogP contribution in [-0.4, -0.2) is 54.9 Å². The van der Waals surface area contributed by atoms with Gasteiger partial charge in [-0.3, -0.25) is 0 Å². The minimum Gasteiger partial charge on any atom is -0.494 e. The van der Waals surface area contributed by atoms with Crippen LogP contribution in [0.2, 0.25) is 0 Å². The normalized spacial score (nSPS) is 12.4. The molecule has 0 bridgehead atoms. The summed E-state index contributed by atoms with van der Waals surface area (Å²) in [6.45, 7) is 9.79. The maximum absolute atomic E-state index is 9.37. The van der Waals surface area contributed by atoms with Crippen LogP contribution in [-0.2, 0) is 6.61 Å². The number of aliphatic hydroxyl groups excluding tert-OH is 1. The van der Waals surface area contributed by atoms with E-state index in [0.29, 0.717) is 23.0 Å². The Morgan fingerprint density at radius 2 is 1.93 bits per heavy atom. The number of nitrogens with one attached hydrogen (secondary N) is 1. The number of methoxy groups -OCH3 is 2. The van der Waals surface area contributed by atoms with Crippen LogP contribution < -0.4 is 14.8 Å². The van der Waals surface area contributed by atoms with Gasteiger partial charge in [0.25, 0.3) is 0 Å². The number of aliphatic hydroxyl groups is 1. The summed E-state index contributed by atoms with van der Waals surface area (Å²) in [6, 6.07) is 5.96. The molecule has 1 aromatic carbocycles. The van der Waals surface area contributed by atoms with Crippen molar-refractivity contribution in [3.63, 3.8) is 0 Å². The Kier molecular flexibility index (Phi) is 8.13. The van der Waals surface area contributed by atoms with Crippen molar-refractivity contribution >= 4 is 16.6 Å². The molecule has 0 saturated carbocycles. The molecule has 2 rings (SSSR count). The zero-order valence-corrected chi connectivity index (χ0v) is 17.2. The van der Waals surface area contributed by atoms with Crippen molar-refractivity contribution in [3.8, 4) is 11.5 Å². The Hall–Kier alpha value is -2.05. The van der Waals surface area contributed by atoms with Gasteiger partial charge in [0.15, 0.2) is 5.75 Å². The fourth-order valence-corrected chi connectivity index (χ4v) is 3.35. The Balaban J connectivity index is 2.22. The third-order valence-electron chi connectivity index (χ3n) is 4.94. The Labute approximate surface area is 162 Å². The maximum atomic E-state index is 9.37. The second-order valence-corrected chi connectivity index (χ2v) is 6.73. The summed E-state index contributed by atoms with van der Waals surface area (Å²) in [5.41, 5.74) is 2.20. The van der Waals surface area contributed by atoms with Gasteiger partial charge in [-0.2, -0.15) is 0 Å². The van der Waals surface area contributed by atoms with Crippen LogP contribution in [0.5, 0.6) is 11.5 Å². The summed E-state index contributed by atoms with van der Waals surface area (Å²) in [4.78, 5) is 6.93. The molecule has 2 aromatic rings. The number of rotatable bonds is 11. The summed E-state index contributed by atoms with van der Waals surface area (Å²) >= 11 is 0. The van der Waals surface area contributed by atoms with E-state index in [4.69, 9.17) is 9.47 Å². The molecular formula is C21H33N3O3. The molecule has 150 valence electrons. The highest BCUT2D eigenvalue weighted by Gasteiger charge is 2.17. The van der Waals surface area contributed by atoms with Crippen molar-refractivity contribution in [1.82, 2.24) is 9.88 Å². The molecule has 1 atom stereocenters. The highest BCUT2D eigenvalue weighted by Crippen LogP contribution is 2.39. The van der Waals surface area contributed by atoms with E-state index < -0.39 is 0 Å². The molecule has 0 radical (unpaired) electrons. The number of anilines is 1. The van der Waals surface area contributed by atoms with Crippen molar-refractivity contribution in [2.45, 2.75) is 46.3 Å². The summed E-state index contributed by atoms with van der Waals surface area (Å²) < 4.78 is 11.2. The van der Waals surface area contributed by atoms with Gasteiger partial charge in [0.2, 0.25) is 0 Å². The molecule has 6 nitrogen and oxygen atoms in total. The van der Waals surface area contributed by atoms with E-state index in [-0.39, 0.29) is 6.61 Å². The van der Waals surface area contributed by atoms with Crippen molar-refractivity contribution < 1.29 is 14.6 Å². The number of fused-ring (bicyclic) bond motifs is 1. The van der Waals surface area contributed by atoms with Crippen LogP contribution >= 0.6 is 0 Å². The zero-order chi connectivity index (χ0) is 19.8. The number of aromatic nitrogens is 1. The first-order valence-electron chi connectivity index (χ1n) is 9.72. The average molecular weight is 376 g/mol. The van der Waals surface area contributed by atoms with Gasteiger partial charge in [0.05, 0.1) is 32.2 Å². The average Bonchev–Trinajstić information content (AvgIpc) is 2.70. The predicted octanol–water partition coefficient (Wildman–Crippen LogP) is 3.67. The van der Waals surface area contributed by atoms with Crippen LogP contribution in [0.15, 0.2) is 18.2 Å². The van der Waals surface area contributed by atoms with Gasteiger partial charge in [-0.15, -0.1) is 0 Å². The van der Waals surface area contributed by atoms with Gasteiger partial charge >= 0.3 is 0 Å². The van der Waals surface area contributed by atoms with E-state index in [0.717, 1.165) is 49.3 Å². The van der Waals surface area contributed by atoms with Gasteiger partial charge in [-0.25, -0.2) is 4.98 Å². The summed E-state index contributed by atoms with van der Waals surface area (Å²) in [5.74, 6) is 1.41. The Morgan fingerprint density at radius 3 is 2.52 bits per heavy atom. The van der Waals surface area contributed by atoms with Gasteiger partial charge in [-0.1, -0.05) is 13.8 Å². The van der Waals surface area contributed by atoms with Crippen LogP contribution in [0.25, 0.3) is 10.9 Å². The lowest BCUT2D eigenvalue weighted by Gasteiger charge is -2.22.